The maximum atomic E-state index is 12.8. The fourth-order valence-corrected chi connectivity index (χ4v) is 4.15. The first-order valence-corrected chi connectivity index (χ1v) is 9.50. The lowest BCUT2D eigenvalue weighted by Gasteiger charge is -2.30. The molecule has 0 bridgehead atoms. The summed E-state index contributed by atoms with van der Waals surface area (Å²) in [5, 5.41) is 8.08. The maximum absolute atomic E-state index is 12.8. The Hall–Kier alpha value is -1.77. The molecule has 2 fully saturated rings. The smallest absolute Gasteiger partial charge is 0.246 e. The van der Waals surface area contributed by atoms with Crippen molar-refractivity contribution in [2.75, 3.05) is 19.7 Å². The monoisotopic (exact) mass is 349 g/mol. The van der Waals surface area contributed by atoms with Crippen LogP contribution in [0.15, 0.2) is 33.6 Å². The molecule has 0 amide bonds. The second-order valence-corrected chi connectivity index (χ2v) is 8.23. The van der Waals surface area contributed by atoms with Gasteiger partial charge in [0.15, 0.2) is 0 Å². The van der Waals surface area contributed by atoms with Gasteiger partial charge in [0.2, 0.25) is 21.8 Å². The molecular weight excluding hydrogens is 330 g/mol. The van der Waals surface area contributed by atoms with Gasteiger partial charge in [0.25, 0.3) is 0 Å². The van der Waals surface area contributed by atoms with Gasteiger partial charge in [-0.3, -0.25) is 0 Å². The van der Waals surface area contributed by atoms with Crippen LogP contribution in [0.25, 0.3) is 0 Å². The van der Waals surface area contributed by atoms with Crippen LogP contribution >= 0.6 is 0 Å². The second-order valence-electron chi connectivity index (χ2n) is 6.29. The van der Waals surface area contributed by atoms with Gasteiger partial charge in [-0.05, 0) is 31.9 Å². The zero-order valence-corrected chi connectivity index (χ0v) is 14.2. The number of nitrogens with zero attached hydrogens (tertiary/aromatic N) is 3. The number of ether oxygens (including phenoxy) is 1. The molecule has 128 valence electrons. The number of aromatic nitrogens is 2. The molecule has 8 heteroatoms. The van der Waals surface area contributed by atoms with Gasteiger partial charge >= 0.3 is 0 Å². The Kier molecular flexibility index (Phi) is 3.90. The summed E-state index contributed by atoms with van der Waals surface area (Å²) in [4.78, 5) is 0.290. The fraction of sp³-hybridized carbons (Fsp3) is 0.500. The molecule has 2 aromatic rings. The van der Waals surface area contributed by atoms with Crippen molar-refractivity contribution in [3.63, 3.8) is 0 Å². The van der Waals surface area contributed by atoms with Gasteiger partial charge in [0.1, 0.15) is 6.10 Å². The van der Waals surface area contributed by atoms with E-state index in [9.17, 15) is 8.42 Å². The molecule has 1 saturated carbocycles. The van der Waals surface area contributed by atoms with E-state index in [4.69, 9.17) is 9.15 Å². The molecule has 1 saturated heterocycles. The van der Waals surface area contributed by atoms with Gasteiger partial charge < -0.3 is 9.15 Å². The number of benzene rings is 1. The number of sulfonamides is 1. The average Bonchev–Trinajstić information content (AvgIpc) is 3.32. The third-order valence-electron chi connectivity index (χ3n) is 4.35. The fourth-order valence-electron chi connectivity index (χ4n) is 2.72. The molecule has 2 heterocycles. The molecule has 0 spiro atoms. The van der Waals surface area contributed by atoms with Crippen molar-refractivity contribution >= 4 is 10.0 Å². The van der Waals surface area contributed by atoms with Crippen LogP contribution in [0.4, 0.5) is 0 Å². The molecule has 1 atom stereocenters. The number of morpholine rings is 1. The first kappa shape index (κ1) is 15.7. The predicted molar refractivity (Wildman–Crippen MR) is 84.9 cm³/mol. The van der Waals surface area contributed by atoms with Gasteiger partial charge in [-0.2, -0.15) is 4.31 Å². The Labute approximate surface area is 140 Å². The van der Waals surface area contributed by atoms with Crippen molar-refractivity contribution in [2.24, 2.45) is 0 Å². The minimum absolute atomic E-state index is 0.183. The van der Waals surface area contributed by atoms with Gasteiger partial charge in [-0.15, -0.1) is 10.2 Å². The van der Waals surface area contributed by atoms with Crippen LogP contribution in [0, 0.1) is 6.92 Å². The van der Waals surface area contributed by atoms with Crippen molar-refractivity contribution in [1.82, 2.24) is 14.5 Å². The Morgan fingerprint density at radius 1 is 1.12 bits per heavy atom. The number of aryl methyl sites for hydroxylation is 1. The SMILES string of the molecule is Cc1ccc(S(=O)(=O)N2CCO[C@@H](c3nnc(C4CC4)o3)C2)cc1. The summed E-state index contributed by atoms with van der Waals surface area (Å²) in [7, 11) is -3.55. The highest BCUT2D eigenvalue weighted by atomic mass is 32.2. The maximum Gasteiger partial charge on any atom is 0.246 e. The summed E-state index contributed by atoms with van der Waals surface area (Å²) in [5.74, 6) is 1.36. The molecule has 1 aliphatic carbocycles. The summed E-state index contributed by atoms with van der Waals surface area (Å²) in [6.07, 6.45) is 1.63. The van der Waals surface area contributed by atoms with Crippen LogP contribution in [0.3, 0.4) is 0 Å². The quantitative estimate of drug-likeness (QED) is 0.839. The molecular formula is C16H19N3O4S. The third kappa shape index (κ3) is 2.97. The Balaban J connectivity index is 1.54. The van der Waals surface area contributed by atoms with Crippen LogP contribution in [0.2, 0.25) is 0 Å². The minimum atomic E-state index is -3.55. The van der Waals surface area contributed by atoms with Crippen molar-refractivity contribution in [1.29, 1.82) is 0 Å². The molecule has 7 nitrogen and oxygen atoms in total. The highest BCUT2D eigenvalue weighted by molar-refractivity contribution is 7.89. The van der Waals surface area contributed by atoms with Crippen molar-refractivity contribution in [2.45, 2.75) is 36.7 Å². The van der Waals surface area contributed by atoms with Gasteiger partial charge in [-0.25, -0.2) is 8.42 Å². The van der Waals surface area contributed by atoms with E-state index >= 15 is 0 Å². The van der Waals surface area contributed by atoms with Crippen LogP contribution in [-0.2, 0) is 14.8 Å². The molecule has 1 aromatic heterocycles. The summed E-state index contributed by atoms with van der Waals surface area (Å²) in [5.41, 5.74) is 1.02. The molecule has 2 aliphatic rings. The van der Waals surface area contributed by atoms with Crippen LogP contribution in [0.5, 0.6) is 0 Å². The number of hydrogen-bond donors (Lipinski definition) is 0. The number of rotatable bonds is 4. The summed E-state index contributed by atoms with van der Waals surface area (Å²) in [6, 6.07) is 6.86. The molecule has 1 aliphatic heterocycles. The third-order valence-corrected chi connectivity index (χ3v) is 6.23. The average molecular weight is 349 g/mol. The minimum Gasteiger partial charge on any atom is -0.422 e. The van der Waals surface area contributed by atoms with Crippen LogP contribution in [0.1, 0.15) is 42.2 Å². The highest BCUT2D eigenvalue weighted by Crippen LogP contribution is 2.39. The van der Waals surface area contributed by atoms with E-state index in [0.717, 1.165) is 18.4 Å². The van der Waals surface area contributed by atoms with Gasteiger partial charge in [-0.1, -0.05) is 17.7 Å². The Morgan fingerprint density at radius 2 is 1.83 bits per heavy atom. The normalized spacial score (nSPS) is 22.6. The van der Waals surface area contributed by atoms with Crippen molar-refractivity contribution in [3.05, 3.63) is 41.6 Å². The predicted octanol–water partition coefficient (Wildman–Crippen LogP) is 2.02. The molecule has 1 aromatic carbocycles. The standard InChI is InChI=1S/C16H19N3O4S/c1-11-2-6-13(7-3-11)24(20,21)19-8-9-22-14(10-19)16-18-17-15(23-16)12-4-5-12/h2-3,6-7,12,14H,4-5,8-10H2,1H3/t14-/m1/s1. The Bertz CT molecular complexity index is 827. The van der Waals surface area contributed by atoms with E-state index in [1.54, 1.807) is 24.3 Å². The molecule has 24 heavy (non-hydrogen) atoms. The number of hydrogen-bond acceptors (Lipinski definition) is 6. The van der Waals surface area contributed by atoms with E-state index < -0.39 is 16.1 Å². The van der Waals surface area contributed by atoms with E-state index in [1.165, 1.54) is 4.31 Å². The summed E-state index contributed by atoms with van der Waals surface area (Å²) in [6.45, 7) is 2.73. The summed E-state index contributed by atoms with van der Waals surface area (Å²) < 4.78 is 38.3. The molecule has 4 rings (SSSR count). The van der Waals surface area contributed by atoms with E-state index in [0.29, 0.717) is 30.9 Å². The van der Waals surface area contributed by atoms with E-state index in [1.807, 2.05) is 6.92 Å². The van der Waals surface area contributed by atoms with E-state index in [-0.39, 0.29) is 11.4 Å². The topological polar surface area (TPSA) is 85.5 Å². The zero-order valence-electron chi connectivity index (χ0n) is 13.4. The van der Waals surface area contributed by atoms with Crippen molar-refractivity contribution < 1.29 is 17.6 Å². The zero-order chi connectivity index (χ0) is 16.7. The lowest BCUT2D eigenvalue weighted by atomic mass is 10.2. The first-order chi connectivity index (χ1) is 11.5. The lowest BCUT2D eigenvalue weighted by molar-refractivity contribution is -0.0178. The van der Waals surface area contributed by atoms with Crippen LogP contribution < -0.4 is 0 Å². The van der Waals surface area contributed by atoms with E-state index in [2.05, 4.69) is 10.2 Å². The Morgan fingerprint density at radius 3 is 2.54 bits per heavy atom. The summed E-state index contributed by atoms with van der Waals surface area (Å²) >= 11 is 0. The highest BCUT2D eigenvalue weighted by Gasteiger charge is 2.35. The largest absolute Gasteiger partial charge is 0.422 e. The lowest BCUT2D eigenvalue weighted by Crippen LogP contribution is -2.42. The first-order valence-electron chi connectivity index (χ1n) is 8.06. The van der Waals surface area contributed by atoms with Crippen LogP contribution in [-0.4, -0.2) is 42.6 Å². The van der Waals surface area contributed by atoms with Crippen molar-refractivity contribution in [3.8, 4) is 0 Å². The molecule has 0 radical (unpaired) electrons. The van der Waals surface area contributed by atoms with Gasteiger partial charge in [0, 0.05) is 19.0 Å². The second kappa shape index (κ2) is 5.94. The van der Waals surface area contributed by atoms with Gasteiger partial charge in [0.05, 0.1) is 11.5 Å². The molecule has 0 unspecified atom stereocenters. The molecule has 0 N–H and O–H groups in total.